The van der Waals surface area contributed by atoms with E-state index in [-0.39, 0.29) is 17.6 Å². The van der Waals surface area contributed by atoms with Gasteiger partial charge in [0.2, 0.25) is 0 Å². The van der Waals surface area contributed by atoms with Crippen LogP contribution in [0.3, 0.4) is 0 Å². The molecule has 0 radical (unpaired) electrons. The average Bonchev–Trinajstić information content (AvgIpc) is 4.26. The third-order valence-corrected chi connectivity index (χ3v) is 15.0. The Morgan fingerprint density at radius 2 is 0.868 bits per heavy atom. The molecule has 0 bridgehead atoms. The summed E-state index contributed by atoms with van der Waals surface area (Å²) in [6.45, 7) is 3.28. The van der Waals surface area contributed by atoms with Gasteiger partial charge in [0.25, 0.3) is 35.4 Å². The van der Waals surface area contributed by atoms with Gasteiger partial charge in [0.05, 0.1) is 39.5 Å². The number of nitrogens with zero attached hydrogens (tertiary/aromatic N) is 3. The Balaban J connectivity index is 0.000000130. The van der Waals surface area contributed by atoms with Gasteiger partial charge in [-0.3, -0.25) is 44.7 Å². The smallest absolute Gasteiger partial charge is 0.259 e. The molecule has 6 aromatic carbocycles. The summed E-state index contributed by atoms with van der Waals surface area (Å²) in [5.74, 6) is -2.28. The molecule has 0 aliphatic carbocycles. The molecule has 4 N–H and O–H groups in total. The maximum absolute atomic E-state index is 12.6. The molecule has 3 aromatic heterocycles. The molecule has 382 valence electrons. The first kappa shape index (κ1) is 51.4. The Labute approximate surface area is 450 Å². The van der Waals surface area contributed by atoms with Crippen LogP contribution in [0.1, 0.15) is 100.0 Å². The monoisotopic (exact) mass is 1070 g/mol. The molecule has 6 heterocycles. The van der Waals surface area contributed by atoms with Gasteiger partial charge in [-0.15, -0.1) is 0 Å². The molecular weight excluding hydrogens is 1030 g/mol. The van der Waals surface area contributed by atoms with Gasteiger partial charge in [-0.1, -0.05) is 89.4 Å². The van der Waals surface area contributed by atoms with Crippen LogP contribution in [0.25, 0.3) is 66.1 Å². The Hall–Kier alpha value is -8.14. The normalized spacial score (nSPS) is 13.8. The fourth-order valence-corrected chi connectivity index (χ4v) is 11.2. The highest BCUT2D eigenvalue weighted by Crippen LogP contribution is 2.43. The van der Waals surface area contributed by atoms with E-state index in [2.05, 4.69) is 16.0 Å². The van der Waals surface area contributed by atoms with Gasteiger partial charge in [-0.05, 0) is 103 Å². The number of fused-ring (bicyclic) bond motifs is 9. The highest BCUT2D eigenvalue weighted by Gasteiger charge is 2.37. The Morgan fingerprint density at radius 3 is 1.28 bits per heavy atom. The quantitative estimate of drug-likeness (QED) is 0.103. The first-order chi connectivity index (χ1) is 36.3. The van der Waals surface area contributed by atoms with Gasteiger partial charge < -0.3 is 23.6 Å². The third-order valence-electron chi connectivity index (χ3n) is 14.0. The topological polar surface area (TPSA) is 191 Å². The summed E-state index contributed by atoms with van der Waals surface area (Å²) >= 11 is 19.0. The van der Waals surface area contributed by atoms with Crippen molar-refractivity contribution in [2.24, 2.45) is 21.1 Å². The second-order valence-corrected chi connectivity index (χ2v) is 20.3. The van der Waals surface area contributed by atoms with Crippen LogP contribution in [0.5, 0.6) is 0 Å². The number of aryl methyl sites for hydroxylation is 5. The lowest BCUT2D eigenvalue weighted by Crippen LogP contribution is -2.20. The second-order valence-electron chi connectivity index (χ2n) is 19.1. The highest BCUT2D eigenvalue weighted by molar-refractivity contribution is 6.37. The van der Waals surface area contributed by atoms with Crippen LogP contribution in [0.4, 0.5) is 0 Å². The van der Waals surface area contributed by atoms with Crippen LogP contribution in [-0.4, -0.2) is 66.1 Å². The zero-order chi connectivity index (χ0) is 54.0. The lowest BCUT2D eigenvalue weighted by molar-refractivity contribution is -0.117. The number of imide groups is 3. The number of amides is 6. The number of ketones is 1. The van der Waals surface area contributed by atoms with Crippen molar-refractivity contribution in [2.75, 3.05) is 0 Å². The van der Waals surface area contributed by atoms with Crippen molar-refractivity contribution in [3.8, 4) is 33.4 Å². The molecule has 0 spiro atoms. The van der Waals surface area contributed by atoms with Crippen LogP contribution in [0.15, 0.2) is 116 Å². The summed E-state index contributed by atoms with van der Waals surface area (Å²) < 4.78 is 5.79. The second kappa shape index (κ2) is 20.2. The molecule has 0 fully saturated rings. The molecule has 6 amide bonds. The van der Waals surface area contributed by atoms with Crippen molar-refractivity contribution in [3.63, 3.8) is 0 Å². The van der Waals surface area contributed by atoms with Gasteiger partial charge in [0.1, 0.15) is 5.78 Å². The number of aromatic nitrogens is 3. The summed E-state index contributed by atoms with van der Waals surface area (Å²) in [5.41, 5.74) is 10.8. The van der Waals surface area contributed by atoms with E-state index in [0.29, 0.717) is 102 Å². The maximum Gasteiger partial charge on any atom is 0.259 e. The zero-order valence-corrected chi connectivity index (χ0v) is 43.9. The van der Waals surface area contributed by atoms with Gasteiger partial charge in [-0.2, -0.15) is 0 Å². The molecule has 9 aromatic rings. The first-order valence-electron chi connectivity index (χ1n) is 24.3. The minimum atomic E-state index is -0.439. The molecule has 14 nitrogen and oxygen atoms in total. The average molecular weight is 1070 g/mol. The molecule has 0 saturated heterocycles. The SMILES string of the molecule is CC(=O)CCc1cn(C)c2cc(-c3ccccc3Cl)c3c(c12)C(=O)NC3=O.CC(O)CCc1cn(C)c2cc(-c3ccccc3Cl)c3c(c12)C(=O)NC3=O.Cn1ccc2c3c(c(-c4ccccc4Cl)cc21)C(=O)NC3=O. The van der Waals surface area contributed by atoms with E-state index in [1.165, 1.54) is 0 Å². The molecule has 0 saturated carbocycles. The number of aliphatic hydroxyl groups is 1. The van der Waals surface area contributed by atoms with E-state index in [1.54, 1.807) is 32.0 Å². The predicted octanol–water partition coefficient (Wildman–Crippen LogP) is 11.0. The van der Waals surface area contributed by atoms with Gasteiger partial charge in [-0.25, -0.2) is 0 Å². The molecule has 17 heteroatoms. The van der Waals surface area contributed by atoms with Crippen molar-refractivity contribution in [1.82, 2.24) is 29.7 Å². The molecule has 3 aliphatic heterocycles. The van der Waals surface area contributed by atoms with Crippen molar-refractivity contribution in [2.45, 2.75) is 45.6 Å². The number of aliphatic hydroxyl groups excluding tert-OH is 1. The number of halogens is 3. The Morgan fingerprint density at radius 1 is 0.500 bits per heavy atom. The highest BCUT2D eigenvalue weighted by atomic mass is 35.5. The van der Waals surface area contributed by atoms with Crippen LogP contribution in [0, 0.1) is 0 Å². The van der Waals surface area contributed by atoms with E-state index in [4.69, 9.17) is 34.8 Å². The molecule has 1 unspecified atom stereocenters. The number of carbonyl (C=O) groups is 7. The number of hydrogen-bond donors (Lipinski definition) is 4. The van der Waals surface area contributed by atoms with Gasteiger partial charge in [0, 0.05) is 111 Å². The summed E-state index contributed by atoms with van der Waals surface area (Å²) in [6.07, 6.45) is 7.41. The number of nitrogens with one attached hydrogen (secondary N) is 3. The van der Waals surface area contributed by atoms with Crippen LogP contribution >= 0.6 is 34.8 Å². The third kappa shape index (κ3) is 8.96. The van der Waals surface area contributed by atoms with Crippen molar-refractivity contribution in [1.29, 1.82) is 0 Å². The lowest BCUT2D eigenvalue weighted by atomic mass is 9.92. The van der Waals surface area contributed by atoms with E-state index in [9.17, 15) is 38.7 Å². The van der Waals surface area contributed by atoms with E-state index < -0.39 is 29.7 Å². The molecule has 76 heavy (non-hydrogen) atoms. The Kier molecular flexibility index (Phi) is 13.6. The minimum absolute atomic E-state index is 0.0804. The summed E-state index contributed by atoms with van der Waals surface area (Å²) in [5, 5.41) is 20.7. The zero-order valence-electron chi connectivity index (χ0n) is 41.7. The molecule has 3 aliphatic rings. The standard InChI is InChI=1S/C21H19ClN2O3.C21H17ClN2O3.C17H11ClN2O2/c2*1-11(25)7-8-12-10-24(2)16-9-14(13-5-3-4-6-15(13)22)18-19(17(12)16)21(27)23-20(18)26;1-20-7-6-10-13(20)8-11(9-4-2-3-5-12(9)18)15-14(10)16(21)19-17(15)22/h3-6,9-11,25H,7-8H2,1-2H3,(H,23,26,27);3-6,9-10H,7-8H2,1-2H3,(H,23,26,27);2-8H,1H3,(H,19,21,22). The molecule has 1 atom stereocenters. The summed E-state index contributed by atoms with van der Waals surface area (Å²) in [4.78, 5) is 86.3. The lowest BCUT2D eigenvalue weighted by Gasteiger charge is -2.11. The molecular formula is C59H47Cl3N6O8. The van der Waals surface area contributed by atoms with Gasteiger partial charge in [0.15, 0.2) is 0 Å². The molecule has 12 rings (SSSR count). The summed E-state index contributed by atoms with van der Waals surface area (Å²) in [7, 11) is 5.70. The fraction of sp³-hybridized carbons (Fsp3) is 0.169. The van der Waals surface area contributed by atoms with Gasteiger partial charge >= 0.3 is 0 Å². The van der Waals surface area contributed by atoms with E-state index in [0.717, 1.165) is 49.4 Å². The minimum Gasteiger partial charge on any atom is -0.393 e. The van der Waals surface area contributed by atoms with E-state index >= 15 is 0 Å². The van der Waals surface area contributed by atoms with Crippen LogP contribution in [-0.2, 0) is 38.8 Å². The largest absolute Gasteiger partial charge is 0.393 e. The number of Topliss-reactive ketones (excluding diaryl/α,β-unsaturated/α-hetero) is 1. The predicted molar refractivity (Wildman–Crippen MR) is 294 cm³/mol. The number of carbonyl (C=O) groups excluding carboxylic acids is 7. The van der Waals surface area contributed by atoms with Crippen molar-refractivity contribution >= 4 is 109 Å². The number of rotatable bonds is 9. The fourth-order valence-electron chi connectivity index (χ4n) is 10.5. The maximum atomic E-state index is 12.6. The van der Waals surface area contributed by atoms with E-state index in [1.807, 2.05) is 132 Å². The first-order valence-corrected chi connectivity index (χ1v) is 25.4. The van der Waals surface area contributed by atoms with Crippen molar-refractivity contribution < 1.29 is 38.7 Å². The van der Waals surface area contributed by atoms with Crippen molar-refractivity contribution in [3.05, 3.63) is 175 Å². The number of hydrogen-bond acceptors (Lipinski definition) is 8. The van der Waals surface area contributed by atoms with Crippen LogP contribution < -0.4 is 16.0 Å². The summed E-state index contributed by atoms with van der Waals surface area (Å²) in [6, 6.07) is 29.4. The number of benzene rings is 6. The van der Waals surface area contributed by atoms with Crippen LogP contribution in [0.2, 0.25) is 15.1 Å². The Bertz CT molecular complexity index is 4030.